The maximum absolute atomic E-state index is 10.6. The summed E-state index contributed by atoms with van der Waals surface area (Å²) in [4.78, 5) is 13.1. The molecule has 0 saturated carbocycles. The minimum atomic E-state index is -0.689. The molecule has 9 nitrogen and oxygen atoms in total. The quantitative estimate of drug-likeness (QED) is 0.127. The Morgan fingerprint density at radius 2 is 2.29 bits per heavy atom. The van der Waals surface area contributed by atoms with Crippen LogP contribution in [0.2, 0.25) is 0 Å². The van der Waals surface area contributed by atoms with Crippen molar-refractivity contribution in [3.05, 3.63) is 10.4 Å². The Balaban J connectivity index is 3.13. The van der Waals surface area contributed by atoms with Crippen LogP contribution >= 0.6 is 0 Å². The minimum absolute atomic E-state index is 0.101. The van der Waals surface area contributed by atoms with E-state index in [-0.39, 0.29) is 19.8 Å². The normalized spacial score (nSPS) is 8.93. The first kappa shape index (κ1) is 12.5. The predicted octanol–water partition coefficient (Wildman–Crippen LogP) is -0.582. The van der Waals surface area contributed by atoms with E-state index in [1.165, 1.54) is 0 Å². The fourth-order valence-electron chi connectivity index (χ4n) is 0.540. The number of hydrogen-bond donors (Lipinski definition) is 3. The van der Waals surface area contributed by atoms with Crippen molar-refractivity contribution < 1.29 is 14.3 Å². The molecule has 80 valence electrons. The lowest BCUT2D eigenvalue weighted by Crippen LogP contribution is -2.42. The number of nitrogens with zero attached hydrogens (tertiary/aromatic N) is 3. The van der Waals surface area contributed by atoms with Crippen LogP contribution in [-0.4, -0.2) is 32.5 Å². The van der Waals surface area contributed by atoms with E-state index in [1.54, 1.807) is 0 Å². The van der Waals surface area contributed by atoms with E-state index in [1.807, 2.05) is 11.0 Å². The molecule has 1 amide bonds. The molecule has 0 aliphatic rings. The summed E-state index contributed by atoms with van der Waals surface area (Å²) in [6.45, 7) is 0.889. The highest BCUT2D eigenvalue weighted by molar-refractivity contribution is 5.66. The summed E-state index contributed by atoms with van der Waals surface area (Å²) in [6, 6.07) is 0. The van der Waals surface area contributed by atoms with Crippen LogP contribution in [0.4, 0.5) is 4.79 Å². The molecule has 0 spiro atoms. The average Bonchev–Trinajstić information content (AvgIpc) is 2.17. The van der Waals surface area contributed by atoms with Crippen LogP contribution in [0.15, 0.2) is 5.11 Å². The molecule has 14 heavy (non-hydrogen) atoms. The summed E-state index contributed by atoms with van der Waals surface area (Å²) >= 11 is 0. The Labute approximate surface area is 80.1 Å². The van der Waals surface area contributed by atoms with Gasteiger partial charge >= 0.3 is 6.09 Å². The van der Waals surface area contributed by atoms with E-state index in [0.29, 0.717) is 6.61 Å². The molecule has 0 saturated heterocycles. The topological polar surface area (TPSA) is 134 Å². The number of nitrogens with one attached hydrogen (secondary N) is 2. The van der Waals surface area contributed by atoms with Crippen LogP contribution in [0.1, 0.15) is 0 Å². The molecular formula is C5H12N6O3. The van der Waals surface area contributed by atoms with Gasteiger partial charge in [-0.05, 0) is 5.53 Å². The molecule has 0 fully saturated rings. The van der Waals surface area contributed by atoms with Crippen molar-refractivity contribution in [2.45, 2.75) is 0 Å². The van der Waals surface area contributed by atoms with Crippen LogP contribution in [-0.2, 0) is 9.47 Å². The summed E-state index contributed by atoms with van der Waals surface area (Å²) in [5.41, 5.74) is 11.8. The van der Waals surface area contributed by atoms with Crippen LogP contribution in [0, 0.1) is 0 Å². The molecule has 0 aromatic carbocycles. The van der Waals surface area contributed by atoms with Crippen molar-refractivity contribution in [2.75, 3.05) is 26.4 Å². The molecule has 0 aliphatic heterocycles. The molecule has 0 heterocycles. The van der Waals surface area contributed by atoms with E-state index in [9.17, 15) is 4.79 Å². The summed E-state index contributed by atoms with van der Waals surface area (Å²) < 4.78 is 9.51. The van der Waals surface area contributed by atoms with Gasteiger partial charge in [0.25, 0.3) is 0 Å². The van der Waals surface area contributed by atoms with Crippen LogP contribution in [0.3, 0.4) is 0 Å². The van der Waals surface area contributed by atoms with Crippen molar-refractivity contribution in [3.8, 4) is 0 Å². The molecule has 0 radical (unpaired) electrons. The number of hydrazine groups is 2. The first-order valence-corrected chi connectivity index (χ1v) is 3.78. The van der Waals surface area contributed by atoms with Gasteiger partial charge in [-0.1, -0.05) is 5.11 Å². The molecule has 9 heteroatoms. The minimum Gasteiger partial charge on any atom is -0.446 e. The summed E-state index contributed by atoms with van der Waals surface area (Å²) in [6.07, 6.45) is -0.689. The van der Waals surface area contributed by atoms with Crippen LogP contribution < -0.4 is 16.8 Å². The zero-order valence-corrected chi connectivity index (χ0v) is 7.47. The average molecular weight is 204 g/mol. The lowest BCUT2D eigenvalue weighted by molar-refractivity contribution is 0.0746. The fourth-order valence-corrected chi connectivity index (χ4v) is 0.540. The Morgan fingerprint density at radius 3 is 2.93 bits per heavy atom. The number of carbonyl (C=O) groups is 1. The second kappa shape index (κ2) is 9.55. The number of rotatable bonds is 7. The van der Waals surface area contributed by atoms with Gasteiger partial charge in [0.15, 0.2) is 0 Å². The smallest absolute Gasteiger partial charge is 0.422 e. The zero-order chi connectivity index (χ0) is 10.6. The van der Waals surface area contributed by atoms with Crippen molar-refractivity contribution in [1.29, 1.82) is 0 Å². The van der Waals surface area contributed by atoms with E-state index >= 15 is 0 Å². The summed E-state index contributed by atoms with van der Waals surface area (Å²) in [5.74, 6) is 4.78. The van der Waals surface area contributed by atoms with E-state index in [0.717, 1.165) is 0 Å². The Morgan fingerprint density at radius 1 is 1.50 bits per heavy atom. The molecule has 0 aliphatic carbocycles. The highest BCUT2D eigenvalue weighted by Crippen LogP contribution is 1.80. The molecule has 4 N–H and O–H groups in total. The first-order valence-electron chi connectivity index (χ1n) is 3.78. The Kier molecular flexibility index (Phi) is 8.50. The molecule has 0 rings (SSSR count). The first-order chi connectivity index (χ1) is 6.81. The van der Waals surface area contributed by atoms with Crippen LogP contribution in [0.5, 0.6) is 0 Å². The number of amides is 1. The second-order valence-electron chi connectivity index (χ2n) is 1.97. The second-order valence-corrected chi connectivity index (χ2v) is 1.97. The maximum Gasteiger partial charge on any atom is 0.422 e. The van der Waals surface area contributed by atoms with E-state index in [2.05, 4.69) is 14.8 Å². The molecule has 0 aromatic heterocycles. The molecule has 0 aromatic rings. The highest BCUT2D eigenvalue weighted by atomic mass is 16.6. The summed E-state index contributed by atoms with van der Waals surface area (Å²) in [5, 5.41) is 3.24. The molecular weight excluding hydrogens is 192 g/mol. The lowest BCUT2D eigenvalue weighted by Gasteiger charge is -2.05. The van der Waals surface area contributed by atoms with Crippen LogP contribution in [0.25, 0.3) is 10.4 Å². The number of azide groups is 1. The van der Waals surface area contributed by atoms with Gasteiger partial charge < -0.3 is 9.47 Å². The van der Waals surface area contributed by atoms with Gasteiger partial charge in [0.1, 0.15) is 6.61 Å². The molecule has 0 unspecified atom stereocenters. The third-order valence-corrected chi connectivity index (χ3v) is 1.03. The lowest BCUT2D eigenvalue weighted by atomic mass is 10.7. The van der Waals surface area contributed by atoms with E-state index < -0.39 is 6.09 Å². The monoisotopic (exact) mass is 204 g/mol. The largest absolute Gasteiger partial charge is 0.446 e. The third kappa shape index (κ3) is 8.56. The maximum atomic E-state index is 10.6. The van der Waals surface area contributed by atoms with Gasteiger partial charge in [-0.2, -0.15) is 5.53 Å². The van der Waals surface area contributed by atoms with Gasteiger partial charge in [0.05, 0.1) is 13.2 Å². The Bertz CT molecular complexity index is 204. The predicted molar refractivity (Wildman–Crippen MR) is 46.6 cm³/mol. The van der Waals surface area contributed by atoms with E-state index in [4.69, 9.17) is 16.1 Å². The number of hydrogen-bond acceptors (Lipinski definition) is 6. The Hall–Kier alpha value is -1.54. The van der Waals surface area contributed by atoms with Crippen molar-refractivity contribution in [2.24, 2.45) is 11.0 Å². The van der Waals surface area contributed by atoms with Gasteiger partial charge in [-0.3, -0.25) is 5.84 Å². The number of ether oxygens (including phenoxy) is 2. The SMILES string of the molecule is [N-]=[N+]=NCCOCCOC(=O)NNN. The van der Waals surface area contributed by atoms with Crippen molar-refractivity contribution >= 4 is 6.09 Å². The zero-order valence-electron chi connectivity index (χ0n) is 7.47. The van der Waals surface area contributed by atoms with Gasteiger partial charge in [-0.15, -0.1) is 0 Å². The third-order valence-electron chi connectivity index (χ3n) is 1.03. The standard InChI is InChI=1S/C5H12N6O3/c6-10-8-1-2-13-3-4-14-5(12)9-11-7/h11H,1-4,7H2,(H,9,12). The number of nitrogens with two attached hydrogens (primary N) is 1. The van der Waals surface area contributed by atoms with Crippen molar-refractivity contribution in [3.63, 3.8) is 0 Å². The highest BCUT2D eigenvalue weighted by Gasteiger charge is 1.97. The fraction of sp³-hybridized carbons (Fsp3) is 0.800. The number of carbonyl (C=O) groups excluding carboxylic acids is 1. The van der Waals surface area contributed by atoms with Gasteiger partial charge in [0.2, 0.25) is 0 Å². The molecule has 0 bridgehead atoms. The molecule has 0 atom stereocenters. The van der Waals surface area contributed by atoms with Gasteiger partial charge in [-0.25, -0.2) is 10.2 Å². The summed E-state index contributed by atoms with van der Waals surface area (Å²) in [7, 11) is 0. The van der Waals surface area contributed by atoms with Gasteiger partial charge in [0, 0.05) is 11.5 Å². The van der Waals surface area contributed by atoms with Crippen molar-refractivity contribution in [1.82, 2.24) is 11.0 Å².